The Morgan fingerprint density at radius 2 is 2.20 bits per heavy atom. The molecule has 0 radical (unpaired) electrons. The number of amides is 1. The van der Waals surface area contributed by atoms with Gasteiger partial charge in [-0.15, -0.1) is 0 Å². The molecule has 0 saturated heterocycles. The van der Waals surface area contributed by atoms with Gasteiger partial charge in [0.1, 0.15) is 0 Å². The van der Waals surface area contributed by atoms with Gasteiger partial charge in [0, 0.05) is 13.7 Å². The Morgan fingerprint density at radius 3 is 2.73 bits per heavy atom. The van der Waals surface area contributed by atoms with Crippen LogP contribution in [0.15, 0.2) is 0 Å². The Morgan fingerprint density at radius 1 is 1.47 bits per heavy atom. The molecule has 1 atom stereocenters. The summed E-state index contributed by atoms with van der Waals surface area (Å²) in [6.45, 7) is 2.99. The third kappa shape index (κ3) is 5.17. The second-order valence-corrected chi connectivity index (χ2v) is 4.33. The molecule has 0 aliphatic heterocycles. The Hall–Kier alpha value is -0.570. The fourth-order valence-corrected chi connectivity index (χ4v) is 1.70. The maximum atomic E-state index is 11.3. The van der Waals surface area contributed by atoms with Gasteiger partial charge >= 0.3 is 0 Å². The van der Waals surface area contributed by atoms with Gasteiger partial charge in [-0.05, 0) is 25.2 Å². The number of ether oxygens (including phenoxy) is 1. The van der Waals surface area contributed by atoms with Crippen LogP contribution in [-0.2, 0) is 9.53 Å². The lowest BCUT2D eigenvalue weighted by Crippen LogP contribution is -2.27. The van der Waals surface area contributed by atoms with Crippen molar-refractivity contribution in [2.45, 2.75) is 51.6 Å². The van der Waals surface area contributed by atoms with E-state index in [1.165, 1.54) is 25.7 Å². The van der Waals surface area contributed by atoms with Crippen LogP contribution in [0.25, 0.3) is 0 Å². The Balaban J connectivity index is 2.16. The second-order valence-electron chi connectivity index (χ2n) is 4.33. The summed E-state index contributed by atoms with van der Waals surface area (Å²) in [5.41, 5.74) is 0. The van der Waals surface area contributed by atoms with Crippen LogP contribution in [0.4, 0.5) is 0 Å². The summed E-state index contributed by atoms with van der Waals surface area (Å²) in [6, 6.07) is 0. The first kappa shape index (κ1) is 12.5. The number of carbonyl (C=O) groups excluding carboxylic acids is 1. The molecular weight excluding hydrogens is 190 g/mol. The summed E-state index contributed by atoms with van der Waals surface area (Å²) in [5.74, 6) is 0.742. The molecule has 1 fully saturated rings. The average molecular weight is 213 g/mol. The number of hydrogen-bond acceptors (Lipinski definition) is 2. The maximum absolute atomic E-state index is 11.3. The van der Waals surface area contributed by atoms with Gasteiger partial charge < -0.3 is 10.1 Å². The van der Waals surface area contributed by atoms with Crippen molar-refractivity contribution in [3.8, 4) is 0 Å². The molecule has 1 N–H and O–H groups in total. The number of hydrogen-bond donors (Lipinski definition) is 1. The van der Waals surface area contributed by atoms with E-state index in [4.69, 9.17) is 4.74 Å². The van der Waals surface area contributed by atoms with Crippen LogP contribution in [-0.4, -0.2) is 25.7 Å². The first-order valence-electron chi connectivity index (χ1n) is 6.10. The molecule has 0 aromatic carbocycles. The normalized spacial score (nSPS) is 17.5. The summed E-state index contributed by atoms with van der Waals surface area (Å²) >= 11 is 0. The molecular formula is C12H23NO2. The van der Waals surface area contributed by atoms with Gasteiger partial charge in [-0.1, -0.05) is 19.8 Å². The highest BCUT2D eigenvalue weighted by Gasteiger charge is 2.33. The number of rotatable bonds is 8. The van der Waals surface area contributed by atoms with Gasteiger partial charge in [-0.3, -0.25) is 4.79 Å². The number of nitrogens with one attached hydrogen (secondary N) is 1. The Labute approximate surface area is 92.6 Å². The van der Waals surface area contributed by atoms with Gasteiger partial charge in [-0.25, -0.2) is 0 Å². The lowest BCUT2D eigenvalue weighted by atomic mass is 10.1. The van der Waals surface area contributed by atoms with Crippen LogP contribution in [0.2, 0.25) is 0 Å². The van der Waals surface area contributed by atoms with E-state index in [1.807, 2.05) is 0 Å². The highest BCUT2D eigenvalue weighted by Crippen LogP contribution is 2.35. The molecule has 1 aliphatic rings. The first-order valence-corrected chi connectivity index (χ1v) is 6.10. The van der Waals surface area contributed by atoms with Crippen LogP contribution in [0.3, 0.4) is 0 Å². The lowest BCUT2D eigenvalue weighted by Gasteiger charge is -2.16. The summed E-state index contributed by atoms with van der Waals surface area (Å²) in [6.07, 6.45) is 6.72. The van der Waals surface area contributed by atoms with E-state index in [9.17, 15) is 4.79 Å². The molecule has 1 aliphatic carbocycles. The monoisotopic (exact) mass is 213 g/mol. The molecule has 0 bridgehead atoms. The SMILES string of the molecule is CCCCCOC(CC(=O)NC)C1CC1. The zero-order valence-electron chi connectivity index (χ0n) is 9.92. The summed E-state index contributed by atoms with van der Waals surface area (Å²) in [7, 11) is 1.68. The number of carbonyl (C=O) groups is 1. The van der Waals surface area contributed by atoms with E-state index in [-0.39, 0.29) is 12.0 Å². The second kappa shape index (κ2) is 6.83. The van der Waals surface area contributed by atoms with Crippen molar-refractivity contribution < 1.29 is 9.53 Å². The Kier molecular flexibility index (Phi) is 5.69. The quantitative estimate of drug-likeness (QED) is 0.627. The summed E-state index contributed by atoms with van der Waals surface area (Å²) in [5, 5.41) is 2.66. The molecule has 0 aromatic heterocycles. The molecule has 15 heavy (non-hydrogen) atoms. The predicted molar refractivity (Wildman–Crippen MR) is 60.7 cm³/mol. The highest BCUT2D eigenvalue weighted by molar-refractivity contribution is 5.76. The third-order valence-electron chi connectivity index (χ3n) is 2.89. The summed E-state index contributed by atoms with van der Waals surface area (Å²) < 4.78 is 5.78. The van der Waals surface area contributed by atoms with Crippen LogP contribution < -0.4 is 5.32 Å². The van der Waals surface area contributed by atoms with Gasteiger partial charge in [0.05, 0.1) is 12.5 Å². The molecule has 1 unspecified atom stereocenters. The van der Waals surface area contributed by atoms with Crippen molar-refractivity contribution in [3.05, 3.63) is 0 Å². The van der Waals surface area contributed by atoms with Crippen molar-refractivity contribution in [1.82, 2.24) is 5.32 Å². The average Bonchev–Trinajstić information content (AvgIpc) is 3.06. The van der Waals surface area contributed by atoms with E-state index in [0.717, 1.165) is 13.0 Å². The molecule has 0 spiro atoms. The van der Waals surface area contributed by atoms with Gasteiger partial charge in [-0.2, -0.15) is 0 Å². The summed E-state index contributed by atoms with van der Waals surface area (Å²) in [4.78, 5) is 11.3. The van der Waals surface area contributed by atoms with Crippen molar-refractivity contribution in [1.29, 1.82) is 0 Å². The Bertz CT molecular complexity index is 190. The zero-order valence-corrected chi connectivity index (χ0v) is 9.92. The molecule has 1 amide bonds. The van der Waals surface area contributed by atoms with E-state index < -0.39 is 0 Å². The molecule has 88 valence electrons. The van der Waals surface area contributed by atoms with E-state index in [0.29, 0.717) is 12.3 Å². The topological polar surface area (TPSA) is 38.3 Å². The molecule has 0 aromatic rings. The molecule has 0 heterocycles. The minimum atomic E-state index is 0.0994. The smallest absolute Gasteiger partial charge is 0.222 e. The van der Waals surface area contributed by atoms with Gasteiger partial charge in [0.2, 0.25) is 5.91 Å². The van der Waals surface area contributed by atoms with Crippen LogP contribution in [0.1, 0.15) is 45.4 Å². The number of unbranched alkanes of at least 4 members (excludes halogenated alkanes) is 2. The third-order valence-corrected chi connectivity index (χ3v) is 2.89. The van der Waals surface area contributed by atoms with Crippen molar-refractivity contribution in [3.63, 3.8) is 0 Å². The fraction of sp³-hybridized carbons (Fsp3) is 0.917. The minimum absolute atomic E-state index is 0.0994. The maximum Gasteiger partial charge on any atom is 0.222 e. The highest BCUT2D eigenvalue weighted by atomic mass is 16.5. The molecule has 3 nitrogen and oxygen atoms in total. The van der Waals surface area contributed by atoms with E-state index in [1.54, 1.807) is 7.05 Å². The van der Waals surface area contributed by atoms with Crippen LogP contribution >= 0.6 is 0 Å². The molecule has 3 heteroatoms. The van der Waals surface area contributed by atoms with Crippen LogP contribution in [0, 0.1) is 5.92 Å². The zero-order chi connectivity index (χ0) is 11.1. The minimum Gasteiger partial charge on any atom is -0.377 e. The van der Waals surface area contributed by atoms with Crippen LogP contribution in [0.5, 0.6) is 0 Å². The fourth-order valence-electron chi connectivity index (χ4n) is 1.70. The van der Waals surface area contributed by atoms with Crippen molar-refractivity contribution in [2.24, 2.45) is 5.92 Å². The molecule has 1 saturated carbocycles. The van der Waals surface area contributed by atoms with E-state index >= 15 is 0 Å². The lowest BCUT2D eigenvalue weighted by molar-refractivity contribution is -0.124. The van der Waals surface area contributed by atoms with Crippen molar-refractivity contribution in [2.75, 3.05) is 13.7 Å². The van der Waals surface area contributed by atoms with Gasteiger partial charge in [0.25, 0.3) is 0 Å². The molecule has 1 rings (SSSR count). The first-order chi connectivity index (χ1) is 7.27. The van der Waals surface area contributed by atoms with Crippen molar-refractivity contribution >= 4 is 5.91 Å². The van der Waals surface area contributed by atoms with E-state index in [2.05, 4.69) is 12.2 Å². The predicted octanol–water partition coefficient (Wildman–Crippen LogP) is 2.11. The largest absolute Gasteiger partial charge is 0.377 e. The standard InChI is InChI=1S/C12H23NO2/c1-3-4-5-8-15-11(10-6-7-10)9-12(14)13-2/h10-11H,3-9H2,1-2H3,(H,13,14). The van der Waals surface area contributed by atoms with Gasteiger partial charge in [0.15, 0.2) is 0 Å².